The molecule has 82 valence electrons. The van der Waals surface area contributed by atoms with Gasteiger partial charge in [0.2, 0.25) is 0 Å². The van der Waals surface area contributed by atoms with Crippen LogP contribution < -0.4 is 0 Å². The zero-order valence-corrected chi connectivity index (χ0v) is 9.18. The minimum atomic E-state index is -0.889. The first-order valence-electron chi connectivity index (χ1n) is 5.04. The maximum atomic E-state index is 11.3. The predicted molar refractivity (Wildman–Crippen MR) is 59.5 cm³/mol. The molecule has 1 N–H and O–H groups in total. The van der Waals surface area contributed by atoms with Crippen LogP contribution in [0, 0.1) is 0 Å². The van der Waals surface area contributed by atoms with Crippen LogP contribution in [0.3, 0.4) is 0 Å². The number of carbonyl (C=O) groups excluding carboxylic acids is 1. The monoisotopic (exact) mass is 207 g/mol. The van der Waals surface area contributed by atoms with Crippen LogP contribution in [-0.2, 0) is 11.2 Å². The van der Waals surface area contributed by atoms with Crippen LogP contribution in [0.25, 0.3) is 0 Å². The van der Waals surface area contributed by atoms with Gasteiger partial charge >= 0.3 is 0 Å². The number of rotatable bonds is 4. The number of benzene rings is 1. The molecule has 1 atom stereocenters. The van der Waals surface area contributed by atoms with Gasteiger partial charge in [0.15, 0.2) is 0 Å². The lowest BCUT2D eigenvalue weighted by molar-refractivity contribution is -0.137. The first kappa shape index (κ1) is 11.7. The van der Waals surface area contributed by atoms with Gasteiger partial charge in [-0.3, -0.25) is 4.79 Å². The molecule has 0 aromatic heterocycles. The smallest absolute Gasteiger partial charge is 0.250 e. The van der Waals surface area contributed by atoms with Crippen LogP contribution in [0.2, 0.25) is 0 Å². The molecule has 0 aliphatic rings. The summed E-state index contributed by atoms with van der Waals surface area (Å²) >= 11 is 0. The lowest BCUT2D eigenvalue weighted by Gasteiger charge is -2.15. The number of aryl methyl sites for hydroxylation is 1. The third-order valence-corrected chi connectivity index (χ3v) is 2.28. The molecule has 15 heavy (non-hydrogen) atoms. The minimum absolute atomic E-state index is 0.231. The van der Waals surface area contributed by atoms with E-state index in [2.05, 4.69) is 0 Å². The van der Waals surface area contributed by atoms with Crippen molar-refractivity contribution in [3.63, 3.8) is 0 Å². The van der Waals surface area contributed by atoms with Crippen LogP contribution in [0.5, 0.6) is 0 Å². The van der Waals surface area contributed by atoms with Crippen molar-refractivity contribution in [2.24, 2.45) is 0 Å². The fraction of sp³-hybridized carbons (Fsp3) is 0.417. The van der Waals surface area contributed by atoms with Crippen LogP contribution in [0.1, 0.15) is 12.0 Å². The van der Waals surface area contributed by atoms with Gasteiger partial charge in [-0.2, -0.15) is 0 Å². The topological polar surface area (TPSA) is 40.5 Å². The summed E-state index contributed by atoms with van der Waals surface area (Å²) in [6.45, 7) is 0. The third-order valence-electron chi connectivity index (χ3n) is 2.28. The molecule has 1 amide bonds. The molecular weight excluding hydrogens is 190 g/mol. The molecule has 1 aromatic rings. The zero-order chi connectivity index (χ0) is 11.3. The predicted octanol–water partition coefficient (Wildman–Crippen LogP) is 1.07. The summed E-state index contributed by atoms with van der Waals surface area (Å²) in [4.78, 5) is 12.8. The van der Waals surface area contributed by atoms with E-state index >= 15 is 0 Å². The lowest BCUT2D eigenvalue weighted by atomic mass is 10.1. The van der Waals surface area contributed by atoms with Gasteiger partial charge in [-0.15, -0.1) is 0 Å². The number of carbonyl (C=O) groups is 1. The Labute approximate surface area is 90.3 Å². The summed E-state index contributed by atoms with van der Waals surface area (Å²) in [5.74, 6) is -0.231. The van der Waals surface area contributed by atoms with Crippen molar-refractivity contribution in [3.8, 4) is 0 Å². The maximum absolute atomic E-state index is 11.3. The summed E-state index contributed by atoms with van der Waals surface area (Å²) < 4.78 is 0. The molecule has 0 radical (unpaired) electrons. The Morgan fingerprint density at radius 3 is 2.47 bits per heavy atom. The maximum Gasteiger partial charge on any atom is 0.250 e. The van der Waals surface area contributed by atoms with E-state index in [1.165, 1.54) is 4.90 Å². The molecule has 1 aromatic carbocycles. The van der Waals surface area contributed by atoms with Crippen molar-refractivity contribution in [2.75, 3.05) is 14.1 Å². The van der Waals surface area contributed by atoms with Crippen LogP contribution >= 0.6 is 0 Å². The Bertz CT molecular complexity index is 309. The number of nitrogens with zero attached hydrogens (tertiary/aromatic N) is 1. The van der Waals surface area contributed by atoms with E-state index in [0.29, 0.717) is 6.42 Å². The van der Waals surface area contributed by atoms with Crippen molar-refractivity contribution in [2.45, 2.75) is 18.9 Å². The van der Waals surface area contributed by atoms with Crippen LogP contribution in [0.4, 0.5) is 0 Å². The van der Waals surface area contributed by atoms with Crippen molar-refractivity contribution in [3.05, 3.63) is 35.9 Å². The van der Waals surface area contributed by atoms with Crippen molar-refractivity contribution in [1.82, 2.24) is 4.90 Å². The molecule has 0 saturated carbocycles. The normalized spacial score (nSPS) is 12.2. The average molecular weight is 207 g/mol. The first-order chi connectivity index (χ1) is 7.11. The van der Waals surface area contributed by atoms with Gasteiger partial charge in [0.1, 0.15) is 6.10 Å². The van der Waals surface area contributed by atoms with Crippen molar-refractivity contribution >= 4 is 5.91 Å². The van der Waals surface area contributed by atoms with Gasteiger partial charge in [-0.1, -0.05) is 30.3 Å². The fourth-order valence-corrected chi connectivity index (χ4v) is 1.37. The SMILES string of the molecule is CN(C)C(=O)[C@@H](O)CCc1ccccc1. The molecule has 0 aliphatic heterocycles. The number of hydrogen-bond acceptors (Lipinski definition) is 2. The van der Waals surface area contributed by atoms with E-state index in [1.54, 1.807) is 14.1 Å². The second kappa shape index (κ2) is 5.51. The largest absolute Gasteiger partial charge is 0.383 e. The number of aliphatic hydroxyl groups is 1. The Hall–Kier alpha value is -1.35. The molecule has 0 unspecified atom stereocenters. The molecule has 0 spiro atoms. The van der Waals surface area contributed by atoms with E-state index < -0.39 is 6.10 Å². The summed E-state index contributed by atoms with van der Waals surface area (Å²) in [7, 11) is 3.29. The number of amides is 1. The highest BCUT2D eigenvalue weighted by atomic mass is 16.3. The second-order valence-electron chi connectivity index (χ2n) is 3.77. The van der Waals surface area contributed by atoms with Crippen LogP contribution in [0.15, 0.2) is 30.3 Å². The Morgan fingerprint density at radius 1 is 1.33 bits per heavy atom. The number of likely N-dealkylation sites (N-methyl/N-ethyl adjacent to an activating group) is 1. The highest BCUT2D eigenvalue weighted by Crippen LogP contribution is 2.06. The van der Waals surface area contributed by atoms with Crippen LogP contribution in [-0.4, -0.2) is 36.1 Å². The van der Waals surface area contributed by atoms with Crippen molar-refractivity contribution in [1.29, 1.82) is 0 Å². The third kappa shape index (κ3) is 3.72. The molecule has 0 bridgehead atoms. The first-order valence-corrected chi connectivity index (χ1v) is 5.04. The molecule has 3 heteroatoms. The number of aliphatic hydroxyl groups excluding tert-OH is 1. The van der Waals surface area contributed by atoms with E-state index in [0.717, 1.165) is 12.0 Å². The molecule has 0 heterocycles. The Balaban J connectivity index is 2.41. The quantitative estimate of drug-likeness (QED) is 0.802. The molecular formula is C12H17NO2. The van der Waals surface area contributed by atoms with Gasteiger partial charge in [-0.25, -0.2) is 0 Å². The summed E-state index contributed by atoms with van der Waals surface area (Å²) in [6.07, 6.45) is 0.308. The van der Waals surface area contributed by atoms with E-state index in [9.17, 15) is 9.90 Å². The number of hydrogen-bond donors (Lipinski definition) is 1. The van der Waals surface area contributed by atoms with Gasteiger partial charge in [0.05, 0.1) is 0 Å². The Morgan fingerprint density at radius 2 is 1.93 bits per heavy atom. The van der Waals surface area contributed by atoms with Gasteiger partial charge in [0.25, 0.3) is 5.91 Å². The molecule has 0 fully saturated rings. The fourth-order valence-electron chi connectivity index (χ4n) is 1.37. The molecule has 1 rings (SSSR count). The van der Waals surface area contributed by atoms with Gasteiger partial charge in [-0.05, 0) is 18.4 Å². The molecule has 0 aliphatic carbocycles. The van der Waals surface area contributed by atoms with E-state index in [-0.39, 0.29) is 5.91 Å². The van der Waals surface area contributed by atoms with Gasteiger partial charge < -0.3 is 10.0 Å². The zero-order valence-electron chi connectivity index (χ0n) is 9.18. The van der Waals surface area contributed by atoms with E-state index in [4.69, 9.17) is 0 Å². The second-order valence-corrected chi connectivity index (χ2v) is 3.77. The highest BCUT2D eigenvalue weighted by molar-refractivity contribution is 5.80. The van der Waals surface area contributed by atoms with Crippen molar-refractivity contribution < 1.29 is 9.90 Å². The molecule has 3 nitrogen and oxygen atoms in total. The summed E-state index contributed by atoms with van der Waals surface area (Å²) in [6, 6.07) is 9.84. The van der Waals surface area contributed by atoms with Gasteiger partial charge in [0, 0.05) is 14.1 Å². The molecule has 0 saturated heterocycles. The Kier molecular flexibility index (Phi) is 4.31. The lowest BCUT2D eigenvalue weighted by Crippen LogP contribution is -2.33. The average Bonchev–Trinajstić information content (AvgIpc) is 2.26. The summed E-state index contributed by atoms with van der Waals surface area (Å²) in [5, 5.41) is 9.56. The standard InChI is InChI=1S/C12H17NO2/c1-13(2)12(15)11(14)9-8-10-6-4-3-5-7-10/h3-7,11,14H,8-9H2,1-2H3/t11-/m0/s1. The summed E-state index contributed by atoms with van der Waals surface area (Å²) in [5.41, 5.74) is 1.14. The van der Waals surface area contributed by atoms with E-state index in [1.807, 2.05) is 30.3 Å². The minimum Gasteiger partial charge on any atom is -0.383 e. The highest BCUT2D eigenvalue weighted by Gasteiger charge is 2.16.